The summed E-state index contributed by atoms with van der Waals surface area (Å²) < 4.78 is 5.52. The summed E-state index contributed by atoms with van der Waals surface area (Å²) in [4.78, 5) is 13.9. The molecule has 100 valence electrons. The minimum Gasteiger partial charge on any atom is -0.381 e. The number of ether oxygens (including phenoxy) is 1. The lowest BCUT2D eigenvalue weighted by atomic mass is 10.2. The van der Waals surface area contributed by atoms with E-state index in [2.05, 4.69) is 19.2 Å². The van der Waals surface area contributed by atoms with E-state index >= 15 is 0 Å². The van der Waals surface area contributed by atoms with E-state index in [1.807, 2.05) is 18.7 Å². The summed E-state index contributed by atoms with van der Waals surface area (Å²) in [6.07, 6.45) is 1.95. The number of hydrogen-bond donors (Lipinski definition) is 1. The zero-order valence-corrected chi connectivity index (χ0v) is 11.5. The van der Waals surface area contributed by atoms with Gasteiger partial charge < -0.3 is 9.64 Å². The maximum atomic E-state index is 11.9. The fourth-order valence-corrected chi connectivity index (χ4v) is 2.10. The van der Waals surface area contributed by atoms with Crippen LogP contribution in [0.4, 0.5) is 0 Å². The molecule has 1 heterocycles. The summed E-state index contributed by atoms with van der Waals surface area (Å²) in [5.74, 6) is 0.817. The average molecular weight is 242 g/mol. The van der Waals surface area contributed by atoms with E-state index in [-0.39, 0.29) is 18.1 Å². The Morgan fingerprint density at radius 1 is 1.47 bits per heavy atom. The van der Waals surface area contributed by atoms with Gasteiger partial charge >= 0.3 is 0 Å². The number of hydrogen-bond acceptors (Lipinski definition) is 3. The van der Waals surface area contributed by atoms with Crippen molar-refractivity contribution in [3.8, 4) is 0 Å². The quantitative estimate of drug-likeness (QED) is 0.690. The lowest BCUT2D eigenvalue weighted by Crippen LogP contribution is -2.35. The van der Waals surface area contributed by atoms with Crippen molar-refractivity contribution in [3.63, 3.8) is 0 Å². The number of carbonyl (C=O) groups excluding carboxylic acids is 1. The number of rotatable bonds is 7. The van der Waals surface area contributed by atoms with Crippen LogP contribution in [0.3, 0.4) is 0 Å². The molecular formula is C13H26N2O2. The molecule has 1 aliphatic rings. The number of amides is 1. The molecule has 1 fully saturated rings. The lowest BCUT2D eigenvalue weighted by Gasteiger charge is -2.20. The molecule has 4 heteroatoms. The van der Waals surface area contributed by atoms with Gasteiger partial charge in [-0.1, -0.05) is 20.8 Å². The minimum atomic E-state index is 0.0154. The third kappa shape index (κ3) is 4.28. The zero-order valence-electron chi connectivity index (χ0n) is 11.5. The highest BCUT2D eigenvalue weighted by Crippen LogP contribution is 2.13. The highest BCUT2D eigenvalue weighted by atomic mass is 16.5. The van der Waals surface area contributed by atoms with Crippen LogP contribution in [0.15, 0.2) is 0 Å². The number of carbonyl (C=O) groups is 1. The maximum Gasteiger partial charge on any atom is 0.240 e. The standard InChI is InChI=1S/C13H26N2O2/c1-5-12-13(16)15(11(4)14-12)7-6-8-17-9-10(2)3/h10-12,14H,5-9H2,1-4H3. The molecule has 1 N–H and O–H groups in total. The van der Waals surface area contributed by atoms with Crippen molar-refractivity contribution in [2.45, 2.75) is 52.7 Å². The van der Waals surface area contributed by atoms with Gasteiger partial charge in [0.2, 0.25) is 5.91 Å². The molecule has 1 amide bonds. The molecule has 2 atom stereocenters. The van der Waals surface area contributed by atoms with Crippen LogP contribution in [0.25, 0.3) is 0 Å². The molecule has 2 unspecified atom stereocenters. The Balaban J connectivity index is 2.20. The first-order valence-electron chi connectivity index (χ1n) is 6.70. The molecule has 0 saturated carbocycles. The predicted octanol–water partition coefficient (Wildman–Crippen LogP) is 1.61. The fourth-order valence-electron chi connectivity index (χ4n) is 2.10. The van der Waals surface area contributed by atoms with Gasteiger partial charge in [0.05, 0.1) is 12.2 Å². The smallest absolute Gasteiger partial charge is 0.240 e. The first-order chi connectivity index (χ1) is 8.06. The molecule has 1 rings (SSSR count). The monoisotopic (exact) mass is 242 g/mol. The average Bonchev–Trinajstić information content (AvgIpc) is 2.54. The van der Waals surface area contributed by atoms with Crippen molar-refractivity contribution in [2.75, 3.05) is 19.8 Å². The lowest BCUT2D eigenvalue weighted by molar-refractivity contribution is -0.130. The Morgan fingerprint density at radius 3 is 2.71 bits per heavy atom. The van der Waals surface area contributed by atoms with Crippen molar-refractivity contribution in [3.05, 3.63) is 0 Å². The number of nitrogens with one attached hydrogen (secondary N) is 1. The fraction of sp³-hybridized carbons (Fsp3) is 0.923. The van der Waals surface area contributed by atoms with Crippen molar-refractivity contribution < 1.29 is 9.53 Å². The highest BCUT2D eigenvalue weighted by molar-refractivity contribution is 5.84. The largest absolute Gasteiger partial charge is 0.381 e. The third-order valence-electron chi connectivity index (χ3n) is 3.04. The second-order valence-electron chi connectivity index (χ2n) is 5.16. The van der Waals surface area contributed by atoms with Crippen LogP contribution in [0, 0.1) is 5.92 Å². The highest BCUT2D eigenvalue weighted by Gasteiger charge is 2.34. The van der Waals surface area contributed by atoms with Crippen LogP contribution in [0.1, 0.15) is 40.5 Å². The second kappa shape index (κ2) is 6.97. The van der Waals surface area contributed by atoms with Gasteiger partial charge in [-0.15, -0.1) is 0 Å². The summed E-state index contributed by atoms with van der Waals surface area (Å²) in [5.41, 5.74) is 0. The van der Waals surface area contributed by atoms with Gasteiger partial charge in [0.25, 0.3) is 0 Å². The minimum absolute atomic E-state index is 0.0154. The van der Waals surface area contributed by atoms with Gasteiger partial charge in [-0.25, -0.2) is 0 Å². The topological polar surface area (TPSA) is 41.6 Å². The Kier molecular flexibility index (Phi) is 5.92. The Bertz CT molecular complexity index is 244. The number of nitrogens with zero attached hydrogens (tertiary/aromatic N) is 1. The van der Waals surface area contributed by atoms with Crippen molar-refractivity contribution in [2.24, 2.45) is 5.92 Å². The molecule has 0 spiro atoms. The third-order valence-corrected chi connectivity index (χ3v) is 3.04. The molecule has 1 saturated heterocycles. The predicted molar refractivity (Wildman–Crippen MR) is 68.7 cm³/mol. The molecule has 0 aromatic heterocycles. The molecule has 0 aliphatic carbocycles. The molecule has 1 aliphatic heterocycles. The van der Waals surface area contributed by atoms with E-state index in [1.165, 1.54) is 0 Å². The Morgan fingerprint density at radius 2 is 2.18 bits per heavy atom. The molecule has 0 radical (unpaired) electrons. The second-order valence-corrected chi connectivity index (χ2v) is 5.16. The van der Waals surface area contributed by atoms with Crippen LogP contribution in [-0.2, 0) is 9.53 Å². The van der Waals surface area contributed by atoms with Gasteiger partial charge in [0, 0.05) is 19.8 Å². The van der Waals surface area contributed by atoms with Crippen molar-refractivity contribution in [1.82, 2.24) is 10.2 Å². The molecule has 0 bridgehead atoms. The van der Waals surface area contributed by atoms with Gasteiger partial charge in [-0.2, -0.15) is 0 Å². The van der Waals surface area contributed by atoms with E-state index in [4.69, 9.17) is 4.74 Å². The van der Waals surface area contributed by atoms with E-state index in [9.17, 15) is 4.79 Å². The van der Waals surface area contributed by atoms with Gasteiger partial charge in [0.15, 0.2) is 0 Å². The molecular weight excluding hydrogens is 216 g/mol. The zero-order chi connectivity index (χ0) is 12.8. The van der Waals surface area contributed by atoms with Crippen LogP contribution < -0.4 is 5.32 Å². The summed E-state index contributed by atoms with van der Waals surface area (Å²) in [7, 11) is 0. The Hall–Kier alpha value is -0.610. The SMILES string of the molecule is CCC1NC(C)N(CCCOCC(C)C)C1=O. The van der Waals surface area contributed by atoms with E-state index in [0.717, 1.165) is 32.6 Å². The van der Waals surface area contributed by atoms with E-state index in [1.54, 1.807) is 0 Å². The van der Waals surface area contributed by atoms with Crippen LogP contribution >= 0.6 is 0 Å². The first kappa shape index (κ1) is 14.5. The van der Waals surface area contributed by atoms with Gasteiger partial charge in [0.1, 0.15) is 0 Å². The van der Waals surface area contributed by atoms with Crippen LogP contribution in [0.2, 0.25) is 0 Å². The van der Waals surface area contributed by atoms with Gasteiger partial charge in [-0.05, 0) is 25.7 Å². The summed E-state index contributed by atoms with van der Waals surface area (Å²) in [6.45, 7) is 10.7. The molecule has 0 aromatic carbocycles. The van der Waals surface area contributed by atoms with Crippen LogP contribution in [0.5, 0.6) is 0 Å². The first-order valence-corrected chi connectivity index (χ1v) is 6.70. The molecule has 17 heavy (non-hydrogen) atoms. The molecule has 4 nitrogen and oxygen atoms in total. The van der Waals surface area contributed by atoms with E-state index in [0.29, 0.717) is 5.92 Å². The Labute approximate surface area is 105 Å². The normalized spacial score (nSPS) is 25.0. The van der Waals surface area contributed by atoms with Crippen molar-refractivity contribution >= 4 is 5.91 Å². The van der Waals surface area contributed by atoms with E-state index < -0.39 is 0 Å². The van der Waals surface area contributed by atoms with Crippen LogP contribution in [-0.4, -0.2) is 42.8 Å². The van der Waals surface area contributed by atoms with Crippen molar-refractivity contribution in [1.29, 1.82) is 0 Å². The molecule has 0 aromatic rings. The summed E-state index contributed by atoms with van der Waals surface area (Å²) >= 11 is 0. The summed E-state index contributed by atoms with van der Waals surface area (Å²) in [6, 6.07) is 0.0154. The van der Waals surface area contributed by atoms with Gasteiger partial charge in [-0.3, -0.25) is 10.1 Å². The maximum absolute atomic E-state index is 11.9. The summed E-state index contributed by atoms with van der Waals surface area (Å²) in [5, 5.41) is 3.30.